The molecule has 1 aromatic carbocycles. The number of aromatic amines is 1. The number of anilines is 1. The molecule has 0 spiro atoms. The van der Waals surface area contributed by atoms with Crippen molar-refractivity contribution in [3.8, 4) is 11.1 Å². The van der Waals surface area contributed by atoms with E-state index >= 15 is 0 Å². The van der Waals surface area contributed by atoms with Crippen molar-refractivity contribution in [3.63, 3.8) is 0 Å². The number of benzene rings is 1. The van der Waals surface area contributed by atoms with Crippen molar-refractivity contribution in [2.45, 2.75) is 26.3 Å². The Labute approximate surface area is 163 Å². The van der Waals surface area contributed by atoms with Gasteiger partial charge in [0, 0.05) is 49.4 Å². The molecule has 28 heavy (non-hydrogen) atoms. The minimum absolute atomic E-state index is 0.123. The SMILES string of the molecule is CNC(=O)CCNC(=O)c1cnc2ccc(-c3cn[nH]c3)cc2c1NC(C)C. The lowest BCUT2D eigenvalue weighted by molar-refractivity contribution is -0.120. The number of carbonyl (C=O) groups is 2. The lowest BCUT2D eigenvalue weighted by Gasteiger charge is -2.17. The van der Waals surface area contributed by atoms with Crippen LogP contribution in [0.3, 0.4) is 0 Å². The molecule has 0 fully saturated rings. The number of aromatic nitrogens is 3. The average molecular weight is 380 g/mol. The fourth-order valence-electron chi connectivity index (χ4n) is 2.91. The van der Waals surface area contributed by atoms with Crippen LogP contribution in [0.4, 0.5) is 5.69 Å². The molecule has 2 amide bonds. The summed E-state index contributed by atoms with van der Waals surface area (Å²) in [5.74, 6) is -0.391. The first-order valence-electron chi connectivity index (χ1n) is 9.17. The van der Waals surface area contributed by atoms with Crippen LogP contribution in [0, 0.1) is 0 Å². The first kappa shape index (κ1) is 19.3. The summed E-state index contributed by atoms with van der Waals surface area (Å²) in [5.41, 5.74) is 3.90. The van der Waals surface area contributed by atoms with Gasteiger partial charge >= 0.3 is 0 Å². The molecule has 0 aliphatic heterocycles. The lowest BCUT2D eigenvalue weighted by atomic mass is 10.0. The lowest BCUT2D eigenvalue weighted by Crippen LogP contribution is -2.30. The molecule has 0 aliphatic rings. The molecule has 0 unspecified atom stereocenters. The Morgan fingerprint density at radius 1 is 1.18 bits per heavy atom. The van der Waals surface area contributed by atoms with Crippen molar-refractivity contribution < 1.29 is 9.59 Å². The number of hydrogen-bond donors (Lipinski definition) is 4. The van der Waals surface area contributed by atoms with Crippen LogP contribution >= 0.6 is 0 Å². The zero-order valence-electron chi connectivity index (χ0n) is 16.2. The number of nitrogens with zero attached hydrogens (tertiary/aromatic N) is 2. The van der Waals surface area contributed by atoms with E-state index in [2.05, 4.69) is 31.1 Å². The van der Waals surface area contributed by atoms with E-state index in [1.165, 1.54) is 0 Å². The maximum absolute atomic E-state index is 12.7. The van der Waals surface area contributed by atoms with Gasteiger partial charge in [0.05, 0.1) is 23.0 Å². The topological polar surface area (TPSA) is 112 Å². The average Bonchev–Trinajstić information content (AvgIpc) is 3.22. The Hall–Kier alpha value is -3.42. The predicted molar refractivity (Wildman–Crippen MR) is 109 cm³/mol. The quantitative estimate of drug-likeness (QED) is 0.503. The van der Waals surface area contributed by atoms with E-state index in [1.807, 2.05) is 38.2 Å². The Morgan fingerprint density at radius 3 is 2.68 bits per heavy atom. The number of H-pyrrole nitrogens is 1. The van der Waals surface area contributed by atoms with Crippen molar-refractivity contribution in [3.05, 3.63) is 42.4 Å². The number of carbonyl (C=O) groups excluding carboxylic acids is 2. The zero-order valence-corrected chi connectivity index (χ0v) is 16.2. The zero-order chi connectivity index (χ0) is 20.1. The second-order valence-electron chi connectivity index (χ2n) is 6.74. The van der Waals surface area contributed by atoms with Crippen LogP contribution in [0.2, 0.25) is 0 Å². The van der Waals surface area contributed by atoms with Gasteiger partial charge in [0.15, 0.2) is 0 Å². The highest BCUT2D eigenvalue weighted by Gasteiger charge is 2.17. The Kier molecular flexibility index (Phi) is 5.88. The molecule has 0 bridgehead atoms. The predicted octanol–water partition coefficient (Wildman–Crippen LogP) is 2.31. The maximum atomic E-state index is 12.7. The third-order valence-corrected chi connectivity index (χ3v) is 4.29. The molecule has 2 aromatic heterocycles. The maximum Gasteiger partial charge on any atom is 0.254 e. The number of fused-ring (bicyclic) bond motifs is 1. The number of pyridine rings is 1. The summed E-state index contributed by atoms with van der Waals surface area (Å²) in [6.07, 6.45) is 5.36. The van der Waals surface area contributed by atoms with Gasteiger partial charge in [0.25, 0.3) is 5.91 Å². The van der Waals surface area contributed by atoms with Crippen molar-refractivity contribution >= 4 is 28.4 Å². The van der Waals surface area contributed by atoms with Crippen molar-refractivity contribution in [2.24, 2.45) is 0 Å². The van der Waals surface area contributed by atoms with Crippen LogP contribution in [-0.4, -0.2) is 46.6 Å². The van der Waals surface area contributed by atoms with E-state index < -0.39 is 0 Å². The second-order valence-corrected chi connectivity index (χ2v) is 6.74. The van der Waals surface area contributed by atoms with Gasteiger partial charge < -0.3 is 16.0 Å². The van der Waals surface area contributed by atoms with Gasteiger partial charge in [0.1, 0.15) is 0 Å². The Bertz CT molecular complexity index is 982. The molecular formula is C20H24N6O2. The van der Waals surface area contributed by atoms with Gasteiger partial charge in [-0.2, -0.15) is 5.10 Å². The first-order chi connectivity index (χ1) is 13.5. The molecule has 2 heterocycles. The molecule has 0 saturated heterocycles. The number of rotatable bonds is 7. The van der Waals surface area contributed by atoms with E-state index in [4.69, 9.17) is 0 Å². The molecule has 3 aromatic rings. The minimum atomic E-state index is -0.268. The smallest absolute Gasteiger partial charge is 0.254 e. The number of nitrogens with one attached hydrogen (secondary N) is 4. The van der Waals surface area contributed by atoms with Crippen LogP contribution in [0.15, 0.2) is 36.8 Å². The van der Waals surface area contributed by atoms with Gasteiger partial charge in [0.2, 0.25) is 5.91 Å². The third kappa shape index (κ3) is 4.28. The molecule has 3 rings (SSSR count). The third-order valence-electron chi connectivity index (χ3n) is 4.29. The molecule has 0 saturated carbocycles. The monoisotopic (exact) mass is 380 g/mol. The van der Waals surface area contributed by atoms with E-state index in [-0.39, 0.29) is 30.8 Å². The molecule has 8 nitrogen and oxygen atoms in total. The van der Waals surface area contributed by atoms with E-state index in [1.54, 1.807) is 19.4 Å². The number of hydrogen-bond acceptors (Lipinski definition) is 5. The van der Waals surface area contributed by atoms with Crippen LogP contribution < -0.4 is 16.0 Å². The molecule has 8 heteroatoms. The van der Waals surface area contributed by atoms with Crippen LogP contribution in [-0.2, 0) is 4.79 Å². The molecule has 0 atom stereocenters. The van der Waals surface area contributed by atoms with Crippen LogP contribution in [0.1, 0.15) is 30.6 Å². The van der Waals surface area contributed by atoms with Crippen molar-refractivity contribution in [1.82, 2.24) is 25.8 Å². The fraction of sp³-hybridized carbons (Fsp3) is 0.300. The van der Waals surface area contributed by atoms with Gasteiger partial charge in [-0.3, -0.25) is 19.7 Å². The molecule has 0 radical (unpaired) electrons. The Morgan fingerprint density at radius 2 is 2.00 bits per heavy atom. The van der Waals surface area contributed by atoms with Gasteiger partial charge in [-0.15, -0.1) is 0 Å². The van der Waals surface area contributed by atoms with E-state index in [0.29, 0.717) is 5.56 Å². The highest BCUT2D eigenvalue weighted by molar-refractivity contribution is 6.08. The summed E-state index contributed by atoms with van der Waals surface area (Å²) in [6, 6.07) is 6.03. The van der Waals surface area contributed by atoms with Crippen LogP contribution in [0.5, 0.6) is 0 Å². The van der Waals surface area contributed by atoms with E-state index in [9.17, 15) is 9.59 Å². The fourth-order valence-corrected chi connectivity index (χ4v) is 2.91. The second kappa shape index (κ2) is 8.51. The standard InChI is InChI=1S/C20H24N6O2/c1-12(2)26-19-15-8-13(14-9-24-25-10-14)4-5-17(15)23-11-16(19)20(28)22-7-6-18(27)21-3/h4-5,8-12H,6-7H2,1-3H3,(H,21,27)(H,22,28)(H,23,26)(H,24,25). The molecule has 0 aliphatic carbocycles. The van der Waals surface area contributed by atoms with Crippen molar-refractivity contribution in [1.29, 1.82) is 0 Å². The molecule has 146 valence electrons. The van der Waals surface area contributed by atoms with Gasteiger partial charge in [-0.25, -0.2) is 0 Å². The highest BCUT2D eigenvalue weighted by atomic mass is 16.2. The van der Waals surface area contributed by atoms with Gasteiger partial charge in [-0.1, -0.05) is 6.07 Å². The summed E-state index contributed by atoms with van der Waals surface area (Å²) in [7, 11) is 1.57. The summed E-state index contributed by atoms with van der Waals surface area (Å²) < 4.78 is 0. The molecular weight excluding hydrogens is 356 g/mol. The minimum Gasteiger partial charge on any atom is -0.382 e. The number of amides is 2. The Balaban J connectivity index is 1.99. The van der Waals surface area contributed by atoms with Crippen molar-refractivity contribution in [2.75, 3.05) is 18.9 Å². The summed E-state index contributed by atoms with van der Waals surface area (Å²) in [4.78, 5) is 28.6. The highest BCUT2D eigenvalue weighted by Crippen LogP contribution is 2.30. The normalized spacial score (nSPS) is 10.9. The molecule has 4 N–H and O–H groups in total. The summed E-state index contributed by atoms with van der Waals surface area (Å²) in [5, 5.41) is 16.4. The largest absolute Gasteiger partial charge is 0.382 e. The van der Waals surface area contributed by atoms with Crippen LogP contribution in [0.25, 0.3) is 22.0 Å². The first-order valence-corrected chi connectivity index (χ1v) is 9.17. The van der Waals surface area contributed by atoms with Gasteiger partial charge in [-0.05, 0) is 31.5 Å². The summed E-state index contributed by atoms with van der Waals surface area (Å²) in [6.45, 7) is 4.28. The van der Waals surface area contributed by atoms with E-state index in [0.717, 1.165) is 27.7 Å². The summed E-state index contributed by atoms with van der Waals surface area (Å²) >= 11 is 0.